The lowest BCUT2D eigenvalue weighted by atomic mass is 10.0. The van der Waals surface area contributed by atoms with Gasteiger partial charge in [0.25, 0.3) is 11.8 Å². The summed E-state index contributed by atoms with van der Waals surface area (Å²) in [4.78, 5) is 70.0. The second kappa shape index (κ2) is 12.0. The number of hydrogen-bond donors (Lipinski definition) is 3. The second-order valence-electron chi connectivity index (χ2n) is 10.8. The standard InChI is InChI=1S/C29H34N6O6/c1-16(2)10-22(30)28(39)34-14-19(32-15-34)13-24(25(31)36)33(3)23(29(40)41)8-9-35-26(37)20-11-17-6-4-5-7-18(17)12-21(20)27(35)38/h4-7,11-12,14-16,22-24H,8-10,13,30H2,1-3H3,(H2,31,36)(H,40,41)/t22-,23+,24-/m0/s1. The highest BCUT2D eigenvalue weighted by Crippen LogP contribution is 2.28. The zero-order valence-electron chi connectivity index (χ0n) is 23.2. The Kier molecular flexibility index (Phi) is 8.64. The van der Waals surface area contributed by atoms with E-state index in [9.17, 15) is 29.1 Å². The van der Waals surface area contributed by atoms with Crippen LogP contribution in [0.2, 0.25) is 0 Å². The number of rotatable bonds is 12. The van der Waals surface area contributed by atoms with E-state index in [2.05, 4.69) is 4.98 Å². The van der Waals surface area contributed by atoms with Crippen LogP contribution in [0.4, 0.5) is 0 Å². The summed E-state index contributed by atoms with van der Waals surface area (Å²) in [6.45, 7) is 3.73. The van der Waals surface area contributed by atoms with Gasteiger partial charge >= 0.3 is 5.97 Å². The summed E-state index contributed by atoms with van der Waals surface area (Å²) in [5, 5.41) is 11.6. The van der Waals surface area contributed by atoms with Crippen molar-refractivity contribution in [3.05, 3.63) is 65.7 Å². The molecule has 12 nitrogen and oxygen atoms in total. The van der Waals surface area contributed by atoms with Gasteiger partial charge in [-0.1, -0.05) is 38.1 Å². The molecule has 2 heterocycles. The van der Waals surface area contributed by atoms with Gasteiger partial charge in [-0.15, -0.1) is 0 Å². The fraction of sp³-hybridized carbons (Fsp3) is 0.379. The van der Waals surface area contributed by atoms with Crippen molar-refractivity contribution in [2.75, 3.05) is 13.6 Å². The number of benzene rings is 2. The largest absolute Gasteiger partial charge is 0.480 e. The minimum Gasteiger partial charge on any atom is -0.480 e. The molecule has 1 aromatic heterocycles. The van der Waals surface area contributed by atoms with E-state index in [1.807, 2.05) is 38.1 Å². The number of primary amides is 1. The lowest BCUT2D eigenvalue weighted by Crippen LogP contribution is -2.52. The van der Waals surface area contributed by atoms with Crippen LogP contribution in [0.15, 0.2) is 48.9 Å². The number of likely N-dealkylation sites (N-methyl/N-ethyl adjacent to an activating group) is 1. The number of aromatic nitrogens is 2. The van der Waals surface area contributed by atoms with E-state index in [0.717, 1.165) is 15.7 Å². The predicted octanol–water partition coefficient (Wildman–Crippen LogP) is 1.52. The summed E-state index contributed by atoms with van der Waals surface area (Å²) in [5.74, 6) is -3.17. The van der Waals surface area contributed by atoms with Crippen LogP contribution in [-0.2, 0) is 16.0 Å². The first-order chi connectivity index (χ1) is 19.4. The molecule has 2 aromatic carbocycles. The smallest absolute Gasteiger partial charge is 0.320 e. The molecule has 0 saturated carbocycles. The molecule has 0 fully saturated rings. The number of nitrogens with two attached hydrogens (primary N) is 2. The number of aliphatic carboxylic acids is 1. The van der Waals surface area contributed by atoms with E-state index in [-0.39, 0.29) is 42.3 Å². The Hall–Kier alpha value is -4.42. The minimum atomic E-state index is -1.25. The SMILES string of the molecule is CC(C)C[C@H](N)C(=O)n1cnc(C[C@@H](C(N)=O)N(C)[C@H](CCN2C(=O)c3cc4ccccc4cc3C2=O)C(=O)O)c1. The Morgan fingerprint density at radius 3 is 2.12 bits per heavy atom. The molecule has 0 saturated heterocycles. The monoisotopic (exact) mass is 562 g/mol. The number of carboxylic acid groups (broad SMARTS) is 1. The maximum absolute atomic E-state index is 13.1. The molecule has 5 N–H and O–H groups in total. The highest BCUT2D eigenvalue weighted by Gasteiger charge is 2.38. The van der Waals surface area contributed by atoms with E-state index in [1.54, 1.807) is 12.1 Å². The molecule has 4 rings (SSSR count). The molecule has 0 bridgehead atoms. The Bertz CT molecular complexity index is 1460. The van der Waals surface area contributed by atoms with Crippen LogP contribution in [0, 0.1) is 5.92 Å². The van der Waals surface area contributed by atoms with Crippen molar-refractivity contribution < 1.29 is 29.1 Å². The van der Waals surface area contributed by atoms with Crippen LogP contribution in [0.1, 0.15) is 57.9 Å². The molecule has 0 radical (unpaired) electrons. The van der Waals surface area contributed by atoms with E-state index in [0.29, 0.717) is 12.1 Å². The van der Waals surface area contributed by atoms with E-state index in [1.165, 1.54) is 29.0 Å². The number of amides is 3. The zero-order chi connectivity index (χ0) is 30.0. The summed E-state index contributed by atoms with van der Waals surface area (Å²) >= 11 is 0. The number of carboxylic acids is 1. The molecule has 12 heteroatoms. The summed E-state index contributed by atoms with van der Waals surface area (Å²) in [6.07, 6.45) is 3.04. The predicted molar refractivity (Wildman–Crippen MR) is 150 cm³/mol. The average Bonchev–Trinajstić information content (AvgIpc) is 3.47. The Morgan fingerprint density at radius 2 is 1.61 bits per heavy atom. The molecule has 41 heavy (non-hydrogen) atoms. The van der Waals surface area contributed by atoms with Gasteiger partial charge in [-0.3, -0.25) is 38.3 Å². The summed E-state index contributed by atoms with van der Waals surface area (Å²) in [5.41, 5.74) is 12.5. The van der Waals surface area contributed by atoms with Gasteiger partial charge in [0, 0.05) is 19.2 Å². The number of imide groups is 1. The quantitative estimate of drug-likeness (QED) is 0.276. The Labute approximate surface area is 236 Å². The number of hydrogen-bond acceptors (Lipinski definition) is 8. The summed E-state index contributed by atoms with van der Waals surface area (Å²) < 4.78 is 1.25. The number of nitrogens with zero attached hydrogens (tertiary/aromatic N) is 4. The van der Waals surface area contributed by atoms with Crippen molar-refractivity contribution in [3.8, 4) is 0 Å². The van der Waals surface area contributed by atoms with E-state index < -0.39 is 41.8 Å². The third-order valence-corrected chi connectivity index (χ3v) is 7.40. The lowest BCUT2D eigenvalue weighted by Gasteiger charge is -2.31. The first kappa shape index (κ1) is 29.6. The fourth-order valence-electron chi connectivity index (χ4n) is 5.18. The van der Waals surface area contributed by atoms with Crippen LogP contribution in [0.3, 0.4) is 0 Å². The van der Waals surface area contributed by atoms with E-state index >= 15 is 0 Å². The molecule has 3 aromatic rings. The summed E-state index contributed by atoms with van der Waals surface area (Å²) in [7, 11) is 1.43. The lowest BCUT2D eigenvalue weighted by molar-refractivity contribution is -0.145. The van der Waals surface area contributed by atoms with Crippen molar-refractivity contribution in [2.45, 2.75) is 51.2 Å². The fourth-order valence-corrected chi connectivity index (χ4v) is 5.18. The third-order valence-electron chi connectivity index (χ3n) is 7.40. The normalized spacial score (nSPS) is 15.4. The van der Waals surface area contributed by atoms with Crippen molar-refractivity contribution >= 4 is 40.4 Å². The number of fused-ring (bicyclic) bond motifs is 2. The van der Waals surface area contributed by atoms with Gasteiger partial charge in [-0.2, -0.15) is 0 Å². The molecule has 1 aliphatic heterocycles. The maximum atomic E-state index is 13.1. The van der Waals surface area contributed by atoms with Gasteiger partial charge in [-0.25, -0.2) is 4.98 Å². The van der Waals surface area contributed by atoms with Crippen molar-refractivity contribution in [1.29, 1.82) is 0 Å². The van der Waals surface area contributed by atoms with Crippen LogP contribution >= 0.6 is 0 Å². The molecule has 0 aliphatic carbocycles. The number of carbonyl (C=O) groups is 5. The van der Waals surface area contributed by atoms with Crippen LogP contribution in [0.5, 0.6) is 0 Å². The van der Waals surface area contributed by atoms with Gasteiger partial charge in [0.2, 0.25) is 11.8 Å². The number of imidazole rings is 1. The molecule has 3 atom stereocenters. The van der Waals surface area contributed by atoms with Gasteiger partial charge in [0.05, 0.1) is 28.9 Å². The third kappa shape index (κ3) is 6.18. The molecule has 1 aliphatic rings. The zero-order valence-corrected chi connectivity index (χ0v) is 23.2. The Morgan fingerprint density at radius 1 is 1.02 bits per heavy atom. The van der Waals surface area contributed by atoms with Gasteiger partial charge in [0.15, 0.2) is 0 Å². The molecule has 0 unspecified atom stereocenters. The number of carbonyl (C=O) groups excluding carboxylic acids is 4. The average molecular weight is 563 g/mol. The van der Waals surface area contributed by atoms with Crippen molar-refractivity contribution in [1.82, 2.24) is 19.4 Å². The van der Waals surface area contributed by atoms with Crippen molar-refractivity contribution in [2.24, 2.45) is 17.4 Å². The van der Waals surface area contributed by atoms with Crippen LogP contribution in [0.25, 0.3) is 10.8 Å². The second-order valence-corrected chi connectivity index (χ2v) is 10.8. The highest BCUT2D eigenvalue weighted by molar-refractivity contribution is 6.23. The maximum Gasteiger partial charge on any atom is 0.320 e. The van der Waals surface area contributed by atoms with E-state index in [4.69, 9.17) is 11.5 Å². The molecule has 0 spiro atoms. The topological polar surface area (TPSA) is 182 Å². The van der Waals surface area contributed by atoms with Gasteiger partial charge < -0.3 is 16.6 Å². The van der Waals surface area contributed by atoms with Gasteiger partial charge in [0.1, 0.15) is 12.4 Å². The van der Waals surface area contributed by atoms with Crippen LogP contribution in [-0.4, -0.2) is 85.8 Å². The first-order valence-corrected chi connectivity index (χ1v) is 13.3. The van der Waals surface area contributed by atoms with Crippen LogP contribution < -0.4 is 11.5 Å². The minimum absolute atomic E-state index is 0.0606. The molecule has 3 amide bonds. The first-order valence-electron chi connectivity index (χ1n) is 13.3. The Balaban J connectivity index is 1.47. The molecular weight excluding hydrogens is 528 g/mol. The van der Waals surface area contributed by atoms with Crippen molar-refractivity contribution in [3.63, 3.8) is 0 Å². The molecular formula is C29H34N6O6. The molecule has 216 valence electrons. The van der Waals surface area contributed by atoms with Gasteiger partial charge in [-0.05, 0) is 48.7 Å². The highest BCUT2D eigenvalue weighted by atomic mass is 16.4. The summed E-state index contributed by atoms with van der Waals surface area (Å²) in [6, 6.07) is 7.61.